The van der Waals surface area contributed by atoms with Crippen LogP contribution in [0.25, 0.3) is 11.3 Å². The molecule has 0 N–H and O–H groups in total. The number of pyridine rings is 1. The molecule has 0 unspecified atom stereocenters. The summed E-state index contributed by atoms with van der Waals surface area (Å²) >= 11 is 1.50. The number of nitrogens with zero attached hydrogens (tertiary/aromatic N) is 4. The minimum Gasteiger partial charge on any atom is -0.264 e. The van der Waals surface area contributed by atoms with Crippen molar-refractivity contribution >= 4 is 17.6 Å². The first-order valence-corrected chi connectivity index (χ1v) is 9.63. The standard InChI is InChI=1S/C22H17FN4S/c23-20-10-8-19(9-11-20)21-16-28-22(25-14-17-5-2-1-3-6-17)27(21)26-15-18-7-4-12-24-13-18/h1-13,15-16H,14H2/b25-22?,26-15+. The van der Waals surface area contributed by atoms with E-state index in [0.29, 0.717) is 6.54 Å². The van der Waals surface area contributed by atoms with Crippen LogP contribution in [-0.4, -0.2) is 15.9 Å². The second-order valence-electron chi connectivity index (χ2n) is 6.05. The maximum Gasteiger partial charge on any atom is 0.206 e. The zero-order chi connectivity index (χ0) is 19.2. The van der Waals surface area contributed by atoms with Gasteiger partial charge in [0.2, 0.25) is 4.80 Å². The predicted octanol–water partition coefficient (Wildman–Crippen LogP) is 4.73. The fourth-order valence-electron chi connectivity index (χ4n) is 2.66. The average molecular weight is 388 g/mol. The Bertz CT molecular complexity index is 1130. The minimum atomic E-state index is -0.265. The normalized spacial score (nSPS) is 12.0. The Labute approximate surface area is 166 Å². The van der Waals surface area contributed by atoms with Crippen LogP contribution in [0.1, 0.15) is 11.1 Å². The second kappa shape index (κ2) is 8.54. The number of benzene rings is 2. The van der Waals surface area contributed by atoms with Crippen LogP contribution in [0.4, 0.5) is 4.39 Å². The highest BCUT2D eigenvalue weighted by Crippen LogP contribution is 2.20. The van der Waals surface area contributed by atoms with E-state index in [1.165, 1.54) is 23.5 Å². The van der Waals surface area contributed by atoms with Crippen molar-refractivity contribution < 1.29 is 4.39 Å². The van der Waals surface area contributed by atoms with Gasteiger partial charge in [0.25, 0.3) is 0 Å². The van der Waals surface area contributed by atoms with E-state index >= 15 is 0 Å². The number of hydrogen-bond donors (Lipinski definition) is 0. The van der Waals surface area contributed by atoms with Gasteiger partial charge in [0.05, 0.1) is 18.5 Å². The van der Waals surface area contributed by atoms with E-state index in [1.807, 2.05) is 47.8 Å². The number of thiazole rings is 1. The summed E-state index contributed by atoms with van der Waals surface area (Å²) in [5.41, 5.74) is 3.75. The van der Waals surface area contributed by atoms with Crippen molar-refractivity contribution in [1.29, 1.82) is 0 Å². The third kappa shape index (κ3) is 4.29. The predicted molar refractivity (Wildman–Crippen MR) is 111 cm³/mol. The Morgan fingerprint density at radius 2 is 1.82 bits per heavy atom. The lowest BCUT2D eigenvalue weighted by molar-refractivity contribution is 0.628. The van der Waals surface area contributed by atoms with Gasteiger partial charge in [-0.15, -0.1) is 11.3 Å². The van der Waals surface area contributed by atoms with Gasteiger partial charge in [-0.25, -0.2) is 9.07 Å². The fraction of sp³-hybridized carbons (Fsp3) is 0.0455. The molecular weight excluding hydrogens is 371 g/mol. The summed E-state index contributed by atoms with van der Waals surface area (Å²) in [6, 6.07) is 20.2. The molecule has 0 bridgehead atoms. The largest absolute Gasteiger partial charge is 0.264 e. The summed E-state index contributed by atoms with van der Waals surface area (Å²) in [5.74, 6) is -0.265. The molecule has 0 fully saturated rings. The van der Waals surface area contributed by atoms with Gasteiger partial charge in [-0.3, -0.25) is 9.98 Å². The Balaban J connectivity index is 1.75. The van der Waals surface area contributed by atoms with Crippen molar-refractivity contribution in [1.82, 2.24) is 9.66 Å². The van der Waals surface area contributed by atoms with Crippen LogP contribution >= 0.6 is 11.3 Å². The molecule has 6 heteroatoms. The molecule has 2 heterocycles. The van der Waals surface area contributed by atoms with Crippen LogP contribution in [0.2, 0.25) is 0 Å². The molecular formula is C22H17FN4S. The minimum absolute atomic E-state index is 0.265. The lowest BCUT2D eigenvalue weighted by atomic mass is 10.2. The molecule has 4 nitrogen and oxygen atoms in total. The van der Waals surface area contributed by atoms with Crippen molar-refractivity contribution in [3.8, 4) is 11.3 Å². The highest BCUT2D eigenvalue weighted by Gasteiger charge is 2.07. The molecule has 4 rings (SSSR count). The number of halogens is 1. The van der Waals surface area contributed by atoms with E-state index in [1.54, 1.807) is 35.4 Å². The van der Waals surface area contributed by atoms with Gasteiger partial charge in [-0.05, 0) is 35.9 Å². The van der Waals surface area contributed by atoms with Crippen LogP contribution in [-0.2, 0) is 6.54 Å². The molecule has 138 valence electrons. The Hall–Kier alpha value is -3.38. The van der Waals surface area contributed by atoms with Crippen LogP contribution < -0.4 is 4.80 Å². The summed E-state index contributed by atoms with van der Waals surface area (Å²) in [7, 11) is 0. The number of aromatic nitrogens is 2. The number of hydrogen-bond acceptors (Lipinski definition) is 4. The third-order valence-corrected chi connectivity index (χ3v) is 4.93. The molecule has 0 amide bonds. The van der Waals surface area contributed by atoms with Crippen LogP contribution in [0, 0.1) is 5.82 Å². The highest BCUT2D eigenvalue weighted by molar-refractivity contribution is 7.07. The summed E-state index contributed by atoms with van der Waals surface area (Å²) < 4.78 is 15.1. The van der Waals surface area contributed by atoms with Gasteiger partial charge in [0.15, 0.2) is 0 Å². The van der Waals surface area contributed by atoms with E-state index in [9.17, 15) is 4.39 Å². The zero-order valence-electron chi connectivity index (χ0n) is 14.9. The monoisotopic (exact) mass is 388 g/mol. The Morgan fingerprint density at radius 3 is 2.57 bits per heavy atom. The summed E-state index contributed by atoms with van der Waals surface area (Å²) in [6.45, 7) is 0.562. The molecule has 2 aromatic carbocycles. The maximum absolute atomic E-state index is 13.3. The molecule has 2 aromatic heterocycles. The summed E-state index contributed by atoms with van der Waals surface area (Å²) in [5, 5.41) is 6.61. The molecule has 0 saturated heterocycles. The first-order chi connectivity index (χ1) is 13.8. The third-order valence-electron chi connectivity index (χ3n) is 4.07. The average Bonchev–Trinajstić information content (AvgIpc) is 3.15. The molecule has 0 aliphatic heterocycles. The summed E-state index contributed by atoms with van der Waals surface area (Å²) in [4.78, 5) is 9.61. The van der Waals surface area contributed by atoms with E-state index in [-0.39, 0.29) is 5.82 Å². The van der Waals surface area contributed by atoms with Gasteiger partial charge in [-0.1, -0.05) is 36.4 Å². The maximum atomic E-state index is 13.3. The van der Waals surface area contributed by atoms with Crippen LogP contribution in [0.15, 0.2) is 94.6 Å². The lowest BCUT2D eigenvalue weighted by Gasteiger charge is -2.04. The molecule has 0 aliphatic rings. The first kappa shape index (κ1) is 18.0. The van der Waals surface area contributed by atoms with Crippen molar-refractivity contribution in [2.45, 2.75) is 6.54 Å². The van der Waals surface area contributed by atoms with Gasteiger partial charge in [-0.2, -0.15) is 5.10 Å². The van der Waals surface area contributed by atoms with Gasteiger partial charge in [0.1, 0.15) is 5.82 Å². The molecule has 0 atom stereocenters. The van der Waals surface area contributed by atoms with Crippen LogP contribution in [0.3, 0.4) is 0 Å². The topological polar surface area (TPSA) is 42.5 Å². The van der Waals surface area contributed by atoms with Crippen molar-refractivity contribution in [2.24, 2.45) is 10.1 Å². The van der Waals surface area contributed by atoms with E-state index in [4.69, 9.17) is 4.99 Å². The molecule has 28 heavy (non-hydrogen) atoms. The quantitative estimate of drug-likeness (QED) is 0.456. The first-order valence-electron chi connectivity index (χ1n) is 8.75. The molecule has 0 aliphatic carbocycles. The van der Waals surface area contributed by atoms with E-state index in [0.717, 1.165) is 27.2 Å². The van der Waals surface area contributed by atoms with Gasteiger partial charge < -0.3 is 0 Å². The van der Waals surface area contributed by atoms with Crippen molar-refractivity contribution in [3.63, 3.8) is 0 Å². The Morgan fingerprint density at radius 1 is 1.00 bits per heavy atom. The van der Waals surface area contributed by atoms with E-state index in [2.05, 4.69) is 10.1 Å². The van der Waals surface area contributed by atoms with Crippen molar-refractivity contribution in [2.75, 3.05) is 0 Å². The van der Waals surface area contributed by atoms with Gasteiger partial charge >= 0.3 is 0 Å². The van der Waals surface area contributed by atoms with Gasteiger partial charge in [0, 0.05) is 28.9 Å². The smallest absolute Gasteiger partial charge is 0.206 e. The SMILES string of the molecule is Fc1ccc(-c2csc(=NCc3ccccc3)n2/N=C/c2cccnc2)cc1. The molecule has 0 saturated carbocycles. The van der Waals surface area contributed by atoms with Crippen LogP contribution in [0.5, 0.6) is 0 Å². The fourth-order valence-corrected chi connectivity index (χ4v) is 3.49. The molecule has 0 spiro atoms. The summed E-state index contributed by atoms with van der Waals surface area (Å²) in [6.07, 6.45) is 5.21. The van der Waals surface area contributed by atoms with Crippen molar-refractivity contribution in [3.05, 3.63) is 106 Å². The highest BCUT2D eigenvalue weighted by atomic mass is 32.1. The number of rotatable bonds is 5. The second-order valence-corrected chi connectivity index (χ2v) is 6.89. The molecule has 4 aromatic rings. The Kier molecular flexibility index (Phi) is 5.49. The van der Waals surface area contributed by atoms with E-state index < -0.39 is 0 Å². The lowest BCUT2D eigenvalue weighted by Crippen LogP contribution is -2.12. The zero-order valence-corrected chi connectivity index (χ0v) is 15.8. The molecule has 0 radical (unpaired) electrons.